The highest BCUT2D eigenvalue weighted by molar-refractivity contribution is 6.03. The number of amides is 4. The van der Waals surface area contributed by atoms with Crippen molar-refractivity contribution in [3.63, 3.8) is 0 Å². The summed E-state index contributed by atoms with van der Waals surface area (Å²) in [5, 5.41) is 5.53. The van der Waals surface area contributed by atoms with E-state index in [1.807, 2.05) is 0 Å². The number of benzene rings is 2. The molecule has 4 amide bonds. The minimum atomic E-state index is -0.988. The van der Waals surface area contributed by atoms with Crippen LogP contribution in [0.4, 0.5) is 5.69 Å². The van der Waals surface area contributed by atoms with Gasteiger partial charge in [0.05, 0.1) is 0 Å². The third-order valence-electron chi connectivity index (χ3n) is 5.81. The molecule has 2 atom stereocenters. The Labute approximate surface area is 228 Å². The molecule has 210 valence electrons. The van der Waals surface area contributed by atoms with Gasteiger partial charge in [-0.05, 0) is 62.9 Å². The lowest BCUT2D eigenvalue weighted by Crippen LogP contribution is -2.55. The van der Waals surface area contributed by atoms with E-state index in [0.29, 0.717) is 37.1 Å². The maximum absolute atomic E-state index is 13.6. The van der Waals surface area contributed by atoms with Crippen molar-refractivity contribution < 1.29 is 19.2 Å². The van der Waals surface area contributed by atoms with Crippen LogP contribution < -0.4 is 38.5 Å². The van der Waals surface area contributed by atoms with E-state index in [-0.39, 0.29) is 31.9 Å². The topological polar surface area (TPSA) is 212 Å². The molecule has 0 unspecified atom stereocenters. The molecule has 0 saturated carbocycles. The third kappa shape index (κ3) is 10.8. The van der Waals surface area contributed by atoms with Crippen LogP contribution in [-0.2, 0) is 14.4 Å². The van der Waals surface area contributed by atoms with E-state index >= 15 is 0 Å². The summed E-state index contributed by atoms with van der Waals surface area (Å²) < 4.78 is 0. The maximum atomic E-state index is 13.6. The van der Waals surface area contributed by atoms with Crippen LogP contribution in [0.5, 0.6) is 0 Å². The molecule has 39 heavy (non-hydrogen) atoms. The minimum absolute atomic E-state index is 0.0784. The van der Waals surface area contributed by atoms with Crippen LogP contribution in [0.2, 0.25) is 0 Å². The average molecular weight is 539 g/mol. The van der Waals surface area contributed by atoms with Crippen LogP contribution in [0.3, 0.4) is 0 Å². The lowest BCUT2D eigenvalue weighted by atomic mass is 10.0. The Balaban J connectivity index is 2.28. The zero-order valence-corrected chi connectivity index (χ0v) is 21.9. The molecular weight excluding hydrogens is 500 g/mol. The standard InChI is InChI=1S/C27H38N8O4/c28-16-8-7-14-22(26(39)35(18-23(29)36)20-12-5-2-6-13-20)34-25(38)21(15-9-17-32-27(30)31)33-24(37)19-10-3-1-4-11-19/h1-6,10-13,21-22H,7-9,14-18,28H2,(H2,29,36)(H,33,37)(H,34,38)(H4,30,31,32)/t21-,22-/m0/s1. The van der Waals surface area contributed by atoms with Gasteiger partial charge in [-0.25, -0.2) is 0 Å². The first kappa shape index (κ1) is 30.8. The predicted molar refractivity (Wildman–Crippen MR) is 150 cm³/mol. The van der Waals surface area contributed by atoms with E-state index in [1.165, 1.54) is 4.90 Å². The Morgan fingerprint density at radius 1 is 0.795 bits per heavy atom. The molecule has 0 spiro atoms. The zero-order chi connectivity index (χ0) is 28.6. The number of rotatable bonds is 16. The summed E-state index contributed by atoms with van der Waals surface area (Å²) in [5.41, 5.74) is 22.7. The van der Waals surface area contributed by atoms with Gasteiger partial charge in [-0.3, -0.25) is 24.2 Å². The lowest BCUT2D eigenvalue weighted by molar-refractivity contribution is -0.129. The number of hydrogen-bond donors (Lipinski definition) is 6. The van der Waals surface area contributed by atoms with Gasteiger partial charge in [-0.1, -0.05) is 36.4 Å². The number of unbranched alkanes of at least 4 members (excludes halogenated alkanes) is 1. The number of carbonyl (C=O) groups is 4. The molecule has 2 rings (SSSR count). The molecule has 0 aliphatic carbocycles. The monoisotopic (exact) mass is 538 g/mol. The smallest absolute Gasteiger partial charge is 0.251 e. The molecule has 0 heterocycles. The average Bonchev–Trinajstić information content (AvgIpc) is 2.93. The van der Waals surface area contributed by atoms with E-state index in [1.54, 1.807) is 60.7 Å². The molecule has 0 aliphatic heterocycles. The number of nitrogens with one attached hydrogen (secondary N) is 2. The van der Waals surface area contributed by atoms with Gasteiger partial charge in [0.15, 0.2) is 5.96 Å². The number of nitrogens with two attached hydrogens (primary N) is 4. The van der Waals surface area contributed by atoms with Crippen LogP contribution >= 0.6 is 0 Å². The first-order chi connectivity index (χ1) is 18.7. The first-order valence-corrected chi connectivity index (χ1v) is 12.8. The summed E-state index contributed by atoms with van der Waals surface area (Å²) in [6.07, 6.45) is 2.08. The number of aliphatic imine (C=N–C) groups is 1. The largest absolute Gasteiger partial charge is 0.370 e. The number of nitrogens with zero attached hydrogens (tertiary/aromatic N) is 2. The summed E-state index contributed by atoms with van der Waals surface area (Å²) in [7, 11) is 0. The first-order valence-electron chi connectivity index (χ1n) is 12.8. The second-order valence-corrected chi connectivity index (χ2v) is 8.91. The van der Waals surface area contributed by atoms with Crippen molar-refractivity contribution in [1.82, 2.24) is 10.6 Å². The normalized spacial score (nSPS) is 12.0. The minimum Gasteiger partial charge on any atom is -0.370 e. The summed E-state index contributed by atoms with van der Waals surface area (Å²) in [6.45, 7) is 0.310. The lowest BCUT2D eigenvalue weighted by Gasteiger charge is -2.28. The molecule has 0 radical (unpaired) electrons. The molecule has 0 aromatic heterocycles. The van der Waals surface area contributed by atoms with Gasteiger partial charge in [0.2, 0.25) is 17.7 Å². The molecule has 2 aromatic carbocycles. The van der Waals surface area contributed by atoms with Crippen molar-refractivity contribution in [1.29, 1.82) is 0 Å². The van der Waals surface area contributed by atoms with Gasteiger partial charge >= 0.3 is 0 Å². The molecule has 0 aliphatic rings. The molecule has 0 bridgehead atoms. The van der Waals surface area contributed by atoms with Crippen LogP contribution in [0.1, 0.15) is 42.5 Å². The molecule has 12 nitrogen and oxygen atoms in total. The fourth-order valence-electron chi connectivity index (χ4n) is 3.87. The van der Waals surface area contributed by atoms with E-state index in [9.17, 15) is 19.2 Å². The summed E-state index contributed by atoms with van der Waals surface area (Å²) in [4.78, 5) is 56.9. The van der Waals surface area contributed by atoms with E-state index in [4.69, 9.17) is 22.9 Å². The third-order valence-corrected chi connectivity index (χ3v) is 5.81. The highest BCUT2D eigenvalue weighted by Crippen LogP contribution is 2.16. The van der Waals surface area contributed by atoms with Gasteiger partial charge in [0.1, 0.15) is 18.6 Å². The number of hydrogen-bond acceptors (Lipinski definition) is 6. The molecule has 12 heteroatoms. The Kier molecular flexibility index (Phi) is 12.9. The van der Waals surface area contributed by atoms with Crippen molar-refractivity contribution in [2.24, 2.45) is 27.9 Å². The second-order valence-electron chi connectivity index (χ2n) is 8.91. The number of primary amides is 1. The summed E-state index contributed by atoms with van der Waals surface area (Å²) in [6, 6.07) is 15.1. The number of guanidine groups is 1. The summed E-state index contributed by atoms with van der Waals surface area (Å²) >= 11 is 0. The fourth-order valence-corrected chi connectivity index (χ4v) is 3.87. The van der Waals surface area contributed by atoms with Crippen molar-refractivity contribution in [2.45, 2.75) is 44.2 Å². The fraction of sp³-hybridized carbons (Fsp3) is 0.370. The zero-order valence-electron chi connectivity index (χ0n) is 21.9. The predicted octanol–water partition coefficient (Wildman–Crippen LogP) is -0.0291. The molecular formula is C27H38N8O4. The second kappa shape index (κ2) is 16.4. The van der Waals surface area contributed by atoms with Gasteiger partial charge in [-0.2, -0.15) is 0 Å². The molecule has 2 aromatic rings. The number of anilines is 1. The Hall–Kier alpha value is -4.45. The Morgan fingerprint density at radius 2 is 1.41 bits per heavy atom. The van der Waals surface area contributed by atoms with Crippen molar-refractivity contribution in [3.8, 4) is 0 Å². The molecule has 0 fully saturated rings. The maximum Gasteiger partial charge on any atom is 0.251 e. The van der Waals surface area contributed by atoms with Crippen LogP contribution in [0.25, 0.3) is 0 Å². The van der Waals surface area contributed by atoms with Gasteiger partial charge in [0.25, 0.3) is 5.91 Å². The quantitative estimate of drug-likeness (QED) is 0.0974. The Bertz CT molecular complexity index is 1110. The number of para-hydroxylation sites is 1. The van der Waals surface area contributed by atoms with E-state index in [0.717, 1.165) is 0 Å². The van der Waals surface area contributed by atoms with Crippen molar-refractivity contribution >= 4 is 35.3 Å². The van der Waals surface area contributed by atoms with Crippen LogP contribution in [0, 0.1) is 0 Å². The van der Waals surface area contributed by atoms with Crippen molar-refractivity contribution in [3.05, 3.63) is 66.2 Å². The van der Waals surface area contributed by atoms with Gasteiger partial charge in [0, 0.05) is 17.8 Å². The summed E-state index contributed by atoms with van der Waals surface area (Å²) in [5.74, 6) is -2.28. The Morgan fingerprint density at radius 3 is 2.00 bits per heavy atom. The SMILES string of the molecule is NCCCC[C@H](NC(=O)[C@H](CCCN=C(N)N)NC(=O)c1ccccc1)C(=O)N(CC(N)=O)c1ccccc1. The van der Waals surface area contributed by atoms with E-state index < -0.39 is 35.7 Å². The van der Waals surface area contributed by atoms with E-state index in [2.05, 4.69) is 15.6 Å². The van der Waals surface area contributed by atoms with Gasteiger partial charge < -0.3 is 38.5 Å². The molecule has 0 saturated heterocycles. The highest BCUT2D eigenvalue weighted by Gasteiger charge is 2.30. The van der Waals surface area contributed by atoms with Crippen LogP contribution in [-0.4, -0.2) is 61.3 Å². The molecule has 10 N–H and O–H groups in total. The van der Waals surface area contributed by atoms with Gasteiger partial charge in [-0.15, -0.1) is 0 Å². The van der Waals surface area contributed by atoms with Crippen molar-refractivity contribution in [2.75, 3.05) is 24.5 Å². The number of carbonyl (C=O) groups excluding carboxylic acids is 4. The van der Waals surface area contributed by atoms with Crippen LogP contribution in [0.15, 0.2) is 65.7 Å². The highest BCUT2D eigenvalue weighted by atomic mass is 16.2.